The summed E-state index contributed by atoms with van der Waals surface area (Å²) in [4.78, 5) is 16.9. The van der Waals surface area contributed by atoms with E-state index in [0.29, 0.717) is 6.54 Å². The molecule has 1 N–H and O–H groups in total. The molecule has 0 atom stereocenters. The molecule has 0 aliphatic carbocycles. The van der Waals surface area contributed by atoms with Gasteiger partial charge in [-0.15, -0.1) is 0 Å². The fourth-order valence-electron chi connectivity index (χ4n) is 3.38. The maximum atomic E-state index is 12.3. The third kappa shape index (κ3) is 5.98. The van der Waals surface area contributed by atoms with Crippen LogP contribution in [0.15, 0.2) is 48.5 Å². The highest BCUT2D eigenvalue weighted by molar-refractivity contribution is 6.30. The Morgan fingerprint density at radius 2 is 1.81 bits per heavy atom. The number of benzene rings is 2. The normalized spacial score (nSPS) is 15.0. The summed E-state index contributed by atoms with van der Waals surface area (Å²) in [6.07, 6.45) is 3.50. The first-order chi connectivity index (χ1) is 13.1. The number of aryl methyl sites for hydroxylation is 1. The number of unbranched alkanes of at least 4 members (excludes halogenated alkanes) is 1. The van der Waals surface area contributed by atoms with Gasteiger partial charge in [0.2, 0.25) is 5.91 Å². The van der Waals surface area contributed by atoms with E-state index in [9.17, 15) is 4.79 Å². The van der Waals surface area contributed by atoms with Gasteiger partial charge < -0.3 is 10.2 Å². The van der Waals surface area contributed by atoms with Crippen molar-refractivity contribution in [3.63, 3.8) is 0 Å². The summed E-state index contributed by atoms with van der Waals surface area (Å²) < 4.78 is 0. The van der Waals surface area contributed by atoms with Crippen molar-refractivity contribution in [2.24, 2.45) is 0 Å². The van der Waals surface area contributed by atoms with Crippen LogP contribution in [0.1, 0.15) is 25.3 Å². The van der Waals surface area contributed by atoms with Gasteiger partial charge in [-0.05, 0) is 48.7 Å². The van der Waals surface area contributed by atoms with E-state index in [1.807, 2.05) is 30.3 Å². The van der Waals surface area contributed by atoms with Crippen LogP contribution in [0.2, 0.25) is 5.02 Å². The van der Waals surface area contributed by atoms with Gasteiger partial charge in [-0.25, -0.2) is 0 Å². The molecule has 1 aliphatic rings. The highest BCUT2D eigenvalue weighted by Crippen LogP contribution is 2.20. The highest BCUT2D eigenvalue weighted by Gasteiger charge is 2.19. The molecule has 1 fully saturated rings. The molecule has 0 bridgehead atoms. The zero-order chi connectivity index (χ0) is 19.1. The Balaban J connectivity index is 1.44. The Hall–Kier alpha value is -2.04. The van der Waals surface area contributed by atoms with Crippen LogP contribution in [0.5, 0.6) is 0 Å². The van der Waals surface area contributed by atoms with Gasteiger partial charge in [-0.3, -0.25) is 9.69 Å². The summed E-state index contributed by atoms with van der Waals surface area (Å²) in [5, 5.41) is 3.77. The summed E-state index contributed by atoms with van der Waals surface area (Å²) in [5.41, 5.74) is 3.35. The van der Waals surface area contributed by atoms with Crippen molar-refractivity contribution in [3.8, 4) is 0 Å². The maximum Gasteiger partial charge on any atom is 0.238 e. The second kappa shape index (κ2) is 9.77. The van der Waals surface area contributed by atoms with Crippen molar-refractivity contribution >= 4 is 28.9 Å². The number of nitrogens with one attached hydrogen (secondary N) is 1. The van der Waals surface area contributed by atoms with Crippen LogP contribution in [0.3, 0.4) is 0 Å². The van der Waals surface area contributed by atoms with Gasteiger partial charge in [0.05, 0.1) is 6.54 Å². The molecule has 144 valence electrons. The number of halogens is 1. The molecule has 2 aromatic rings. The molecule has 4 nitrogen and oxygen atoms in total. The van der Waals surface area contributed by atoms with Crippen molar-refractivity contribution in [1.82, 2.24) is 4.90 Å². The van der Waals surface area contributed by atoms with Gasteiger partial charge in [-0.1, -0.05) is 43.1 Å². The molecule has 5 heteroatoms. The average molecular weight is 386 g/mol. The van der Waals surface area contributed by atoms with Gasteiger partial charge in [0, 0.05) is 42.6 Å². The van der Waals surface area contributed by atoms with Crippen LogP contribution < -0.4 is 10.2 Å². The standard InChI is InChI=1S/C22H28ClN3O/c1-2-3-5-18-8-10-20(11-9-18)24-22(27)17-25-12-14-26(15-13-25)21-7-4-6-19(23)16-21/h4,6-11,16H,2-3,5,12-15,17H2,1H3,(H,24,27). The molecule has 0 aromatic heterocycles. The summed E-state index contributed by atoms with van der Waals surface area (Å²) >= 11 is 6.08. The molecule has 1 saturated heterocycles. The first kappa shape index (κ1) is 19.7. The van der Waals surface area contributed by atoms with Crippen LogP contribution in [0.4, 0.5) is 11.4 Å². The van der Waals surface area contributed by atoms with E-state index >= 15 is 0 Å². The molecule has 3 rings (SSSR count). The Kier molecular flexibility index (Phi) is 7.13. The highest BCUT2D eigenvalue weighted by atomic mass is 35.5. The third-order valence-electron chi connectivity index (χ3n) is 4.97. The molecule has 1 amide bonds. The molecule has 0 saturated carbocycles. The molecule has 1 heterocycles. The lowest BCUT2D eigenvalue weighted by Crippen LogP contribution is -2.48. The molecular weight excluding hydrogens is 358 g/mol. The molecule has 0 unspecified atom stereocenters. The second-order valence-electron chi connectivity index (χ2n) is 7.09. The average Bonchev–Trinajstić information content (AvgIpc) is 2.68. The van der Waals surface area contributed by atoms with Crippen LogP contribution in [-0.4, -0.2) is 43.5 Å². The summed E-state index contributed by atoms with van der Waals surface area (Å²) in [7, 11) is 0. The van der Waals surface area contributed by atoms with Gasteiger partial charge in [0.15, 0.2) is 0 Å². The molecule has 0 spiro atoms. The van der Waals surface area contributed by atoms with Crippen LogP contribution >= 0.6 is 11.6 Å². The van der Waals surface area contributed by atoms with Crippen LogP contribution in [0.25, 0.3) is 0 Å². The van der Waals surface area contributed by atoms with E-state index < -0.39 is 0 Å². The maximum absolute atomic E-state index is 12.3. The Labute approximate surface area is 167 Å². The smallest absolute Gasteiger partial charge is 0.238 e. The fraction of sp³-hybridized carbons (Fsp3) is 0.409. The van der Waals surface area contributed by atoms with Gasteiger partial charge in [0.1, 0.15) is 0 Å². The first-order valence-electron chi connectivity index (χ1n) is 9.75. The number of carbonyl (C=O) groups excluding carboxylic acids is 1. The van der Waals surface area contributed by atoms with Crippen molar-refractivity contribution in [3.05, 3.63) is 59.1 Å². The molecule has 2 aromatic carbocycles. The second-order valence-corrected chi connectivity index (χ2v) is 7.53. The predicted molar refractivity (Wildman–Crippen MR) is 114 cm³/mol. The zero-order valence-corrected chi connectivity index (χ0v) is 16.7. The van der Waals surface area contributed by atoms with E-state index in [1.165, 1.54) is 18.4 Å². The Bertz CT molecular complexity index is 739. The Morgan fingerprint density at radius 3 is 2.48 bits per heavy atom. The number of rotatable bonds is 7. The lowest BCUT2D eigenvalue weighted by molar-refractivity contribution is -0.117. The number of carbonyl (C=O) groups is 1. The van der Waals surface area contributed by atoms with Crippen LogP contribution in [0, 0.1) is 0 Å². The minimum atomic E-state index is 0.0486. The molecule has 0 radical (unpaired) electrons. The lowest BCUT2D eigenvalue weighted by atomic mass is 10.1. The van der Waals surface area contributed by atoms with E-state index in [0.717, 1.165) is 49.0 Å². The summed E-state index contributed by atoms with van der Waals surface area (Å²) in [6, 6.07) is 16.2. The number of anilines is 2. The number of nitrogens with zero attached hydrogens (tertiary/aromatic N) is 2. The van der Waals surface area contributed by atoms with Gasteiger partial charge in [0.25, 0.3) is 0 Å². The van der Waals surface area contributed by atoms with Gasteiger partial charge in [-0.2, -0.15) is 0 Å². The predicted octanol–water partition coefficient (Wildman–Crippen LogP) is 4.44. The third-order valence-corrected chi connectivity index (χ3v) is 5.20. The van der Waals surface area contributed by atoms with E-state index in [4.69, 9.17) is 11.6 Å². The van der Waals surface area contributed by atoms with Gasteiger partial charge >= 0.3 is 0 Å². The minimum absolute atomic E-state index is 0.0486. The van der Waals surface area contributed by atoms with Crippen molar-refractivity contribution in [2.75, 3.05) is 42.9 Å². The Morgan fingerprint density at radius 1 is 1.07 bits per heavy atom. The number of hydrogen-bond donors (Lipinski definition) is 1. The van der Waals surface area contributed by atoms with Crippen LogP contribution in [-0.2, 0) is 11.2 Å². The fourth-order valence-corrected chi connectivity index (χ4v) is 3.56. The summed E-state index contributed by atoms with van der Waals surface area (Å²) in [5.74, 6) is 0.0486. The number of amides is 1. The topological polar surface area (TPSA) is 35.6 Å². The van der Waals surface area contributed by atoms with Crippen molar-refractivity contribution < 1.29 is 4.79 Å². The minimum Gasteiger partial charge on any atom is -0.369 e. The van der Waals surface area contributed by atoms with E-state index in [1.54, 1.807) is 0 Å². The molecule has 27 heavy (non-hydrogen) atoms. The summed E-state index contributed by atoms with van der Waals surface area (Å²) in [6.45, 7) is 6.18. The SMILES string of the molecule is CCCCc1ccc(NC(=O)CN2CCN(c3cccc(Cl)c3)CC2)cc1. The van der Waals surface area contributed by atoms with E-state index in [2.05, 4.69) is 40.2 Å². The number of hydrogen-bond acceptors (Lipinski definition) is 3. The quantitative estimate of drug-likeness (QED) is 0.765. The largest absolute Gasteiger partial charge is 0.369 e. The number of piperazine rings is 1. The zero-order valence-electron chi connectivity index (χ0n) is 16.0. The molecule has 1 aliphatic heterocycles. The monoisotopic (exact) mass is 385 g/mol. The van der Waals surface area contributed by atoms with E-state index in [-0.39, 0.29) is 5.91 Å². The lowest BCUT2D eigenvalue weighted by Gasteiger charge is -2.35. The first-order valence-corrected chi connectivity index (χ1v) is 10.1. The van der Waals surface area contributed by atoms with Crippen molar-refractivity contribution in [1.29, 1.82) is 0 Å². The molecular formula is C22H28ClN3O. The van der Waals surface area contributed by atoms with Crippen molar-refractivity contribution in [2.45, 2.75) is 26.2 Å².